The topological polar surface area (TPSA) is 191 Å². The maximum Gasteiger partial charge on any atom is 0.435 e. The lowest BCUT2D eigenvalue weighted by molar-refractivity contribution is -0.143. The highest BCUT2D eigenvalue weighted by Crippen LogP contribution is 2.47. The van der Waals surface area contributed by atoms with E-state index in [0.29, 0.717) is 21.5 Å². The van der Waals surface area contributed by atoms with E-state index >= 15 is 8.78 Å². The third-order valence-corrected chi connectivity index (χ3v) is 13.4. The van der Waals surface area contributed by atoms with E-state index < -0.39 is 142 Å². The first-order chi connectivity index (χ1) is 35.2. The maximum absolute atomic E-state index is 15.1. The number of aliphatic hydroxyl groups excluding tert-OH is 1. The summed E-state index contributed by atoms with van der Waals surface area (Å²) in [6, 6.07) is 4.30. The lowest BCUT2D eigenvalue weighted by atomic mass is 9.93. The third kappa shape index (κ3) is 15.7. The second-order valence-electron chi connectivity index (χ2n) is 17.9. The quantitative estimate of drug-likeness (QED) is 0.0549. The monoisotopic (exact) mass is 1140 g/mol. The minimum atomic E-state index is -5.19. The molecular weight excluding hydrogens is 1090 g/mol. The molecule has 416 valence electrons. The number of fused-ring (bicyclic) bond motifs is 2. The Hall–Kier alpha value is -6.11. The number of hydrogen-bond acceptors (Lipinski definition) is 10. The number of aliphatic hydroxyl groups is 1. The molecule has 2 aromatic carbocycles. The molecule has 1 aliphatic carbocycles. The van der Waals surface area contributed by atoms with Gasteiger partial charge in [-0.15, -0.1) is 0 Å². The summed E-state index contributed by atoms with van der Waals surface area (Å²) in [6.07, 6.45) is -10.2. The summed E-state index contributed by atoms with van der Waals surface area (Å²) in [7, 11) is -3.90. The van der Waals surface area contributed by atoms with Gasteiger partial charge < -0.3 is 20.5 Å². The molecule has 0 fully saturated rings. The van der Waals surface area contributed by atoms with Gasteiger partial charge in [0.2, 0.25) is 5.91 Å². The molecule has 3 unspecified atom stereocenters. The minimum absolute atomic E-state index is 0.135. The fraction of sp³-hybridized carbons (Fsp3) is 0.458. The predicted molar refractivity (Wildman–Crippen MR) is 265 cm³/mol. The van der Waals surface area contributed by atoms with Gasteiger partial charge in [-0.05, 0) is 89.3 Å². The van der Waals surface area contributed by atoms with Crippen molar-refractivity contribution in [1.29, 1.82) is 0 Å². The Kier molecular flexibility index (Phi) is 20.5. The SMILES string of the molecule is CC.CC(C)(C)OC=O.CS(=O)N(C(=O)NCCO)c1nn(CC(F)(F)F)c2c(-c3ccc(C#CC(C)(C)S(C)=O)nc3C(Cc3cc(F)cc(F)c3)NC(=O)Cn3nc(C(F)(F)F)c4c3C(F)(F)CC4)ccc(Cl)c12. The molecule has 0 spiro atoms. The highest BCUT2D eigenvalue weighted by atomic mass is 35.5. The van der Waals surface area contributed by atoms with Crippen LogP contribution >= 0.6 is 11.6 Å². The van der Waals surface area contributed by atoms with Crippen molar-refractivity contribution in [2.24, 2.45) is 0 Å². The van der Waals surface area contributed by atoms with Crippen LogP contribution in [-0.4, -0.2) is 98.7 Å². The van der Waals surface area contributed by atoms with Gasteiger partial charge in [-0.3, -0.25) is 23.2 Å². The molecule has 5 aromatic rings. The molecule has 76 heavy (non-hydrogen) atoms. The molecule has 15 nitrogen and oxygen atoms in total. The highest BCUT2D eigenvalue weighted by molar-refractivity contribution is 7.86. The van der Waals surface area contributed by atoms with Gasteiger partial charge in [0.05, 0.1) is 34.3 Å². The fourth-order valence-corrected chi connectivity index (χ4v) is 8.49. The number of carbonyl (C=O) groups is 3. The van der Waals surface area contributed by atoms with E-state index in [2.05, 4.69) is 42.4 Å². The average Bonchev–Trinajstić information content (AvgIpc) is 3.95. The number of pyridine rings is 1. The molecule has 0 bridgehead atoms. The second-order valence-corrected chi connectivity index (χ2v) is 21.4. The van der Waals surface area contributed by atoms with Gasteiger partial charge >= 0.3 is 18.4 Å². The van der Waals surface area contributed by atoms with E-state index in [0.717, 1.165) is 18.4 Å². The number of urea groups is 1. The van der Waals surface area contributed by atoms with Gasteiger partial charge in [0.15, 0.2) is 11.5 Å². The van der Waals surface area contributed by atoms with Crippen molar-refractivity contribution >= 4 is 68.5 Å². The van der Waals surface area contributed by atoms with E-state index in [-0.39, 0.29) is 55.3 Å². The Morgan fingerprint density at radius 1 is 0.961 bits per heavy atom. The third-order valence-electron chi connectivity index (χ3n) is 10.7. The number of carbonyl (C=O) groups excluding carboxylic acids is 3. The first kappa shape index (κ1) is 62.4. The van der Waals surface area contributed by atoms with Gasteiger partial charge in [0.25, 0.3) is 12.4 Å². The normalized spacial score (nSPS) is 14.4. The summed E-state index contributed by atoms with van der Waals surface area (Å²) in [5.41, 5.74) is -5.45. The number of amides is 3. The van der Waals surface area contributed by atoms with Crippen LogP contribution in [-0.2, 0) is 74.1 Å². The number of anilines is 1. The molecular formula is C48H53ClF10N8O7S2. The van der Waals surface area contributed by atoms with Crippen LogP contribution in [0.3, 0.4) is 0 Å². The maximum atomic E-state index is 15.1. The number of hydrogen-bond donors (Lipinski definition) is 3. The molecule has 0 radical (unpaired) electrons. The summed E-state index contributed by atoms with van der Waals surface area (Å²) in [5, 5.41) is 20.7. The Morgan fingerprint density at radius 3 is 2.11 bits per heavy atom. The van der Waals surface area contributed by atoms with E-state index in [4.69, 9.17) is 11.6 Å². The summed E-state index contributed by atoms with van der Waals surface area (Å²) >= 11 is 6.62. The first-order valence-electron chi connectivity index (χ1n) is 22.7. The van der Waals surface area contributed by atoms with Gasteiger partial charge in [-0.25, -0.2) is 22.8 Å². The molecule has 0 aliphatic heterocycles. The molecule has 3 N–H and O–H groups in total. The van der Waals surface area contributed by atoms with Crippen LogP contribution in [0.15, 0.2) is 42.5 Å². The molecule has 28 heteroatoms. The zero-order chi connectivity index (χ0) is 57.5. The molecule has 3 amide bonds. The van der Waals surface area contributed by atoms with E-state index in [1.807, 2.05) is 34.6 Å². The van der Waals surface area contributed by atoms with Crippen LogP contribution in [0, 0.1) is 23.5 Å². The minimum Gasteiger partial charge on any atom is -0.462 e. The fourth-order valence-electron chi connectivity index (χ4n) is 7.39. The number of halogens is 11. The van der Waals surface area contributed by atoms with Crippen molar-refractivity contribution < 1.29 is 76.5 Å². The molecule has 1 aliphatic rings. The molecule has 3 atom stereocenters. The number of alkyl halides is 8. The molecule has 6 rings (SSSR count). The Bertz CT molecular complexity index is 3040. The van der Waals surface area contributed by atoms with Crippen molar-refractivity contribution in [3.63, 3.8) is 0 Å². The van der Waals surface area contributed by atoms with E-state index in [9.17, 15) is 63.0 Å². The van der Waals surface area contributed by atoms with Crippen molar-refractivity contribution in [2.75, 3.05) is 30.0 Å². The Morgan fingerprint density at radius 2 is 1.58 bits per heavy atom. The van der Waals surface area contributed by atoms with E-state index in [1.54, 1.807) is 0 Å². The van der Waals surface area contributed by atoms with Crippen LogP contribution in [0.2, 0.25) is 5.02 Å². The molecule has 3 aromatic heterocycles. The molecule has 3 heterocycles. The zero-order valence-electron chi connectivity index (χ0n) is 42.2. The molecule has 0 saturated heterocycles. The average molecular weight is 1140 g/mol. The number of aromatic nitrogens is 5. The number of nitrogens with zero attached hydrogens (tertiary/aromatic N) is 6. The van der Waals surface area contributed by atoms with Gasteiger partial charge in [-0.1, -0.05) is 37.4 Å². The lowest BCUT2D eigenvalue weighted by Crippen LogP contribution is -2.42. The van der Waals surface area contributed by atoms with Crippen LogP contribution in [0.4, 0.5) is 54.5 Å². The number of ether oxygens (including phenoxy) is 1. The Balaban J connectivity index is 0.00000128. The standard InChI is InChI=1S/C41H37ClF10N8O5S2.C5H10O2.C2H6/c1-38(2,66(3)64)11-9-24-5-6-25(26-7-8-28(42)31-33(26)59(20-40(47,48)49)57-36(31)60(67(4)65)37(63)53-13-14-61)32(54-24)29(17-21-15-22(43)18-23(44)16-21)55-30(62)19-58-35-27(10-12-39(35,45)46)34(56-58)41(50,51)52;1-5(2,3)7-4-6;1-2/h5-8,15-16,18,29,61H,10,12-14,17,19-20H2,1-4H3,(H,53,63)(H,55,62);4H,1-3H3;1-2H3. The summed E-state index contributed by atoms with van der Waals surface area (Å²) in [4.78, 5) is 41.5. The second kappa shape index (κ2) is 24.9. The lowest BCUT2D eigenvalue weighted by Gasteiger charge is -2.23. The first-order valence-corrected chi connectivity index (χ1v) is 26.2. The summed E-state index contributed by atoms with van der Waals surface area (Å²) in [6.45, 7) is 8.92. The smallest absolute Gasteiger partial charge is 0.435 e. The van der Waals surface area contributed by atoms with Crippen molar-refractivity contribution in [3.05, 3.63) is 93.0 Å². The van der Waals surface area contributed by atoms with E-state index in [1.165, 1.54) is 44.4 Å². The highest BCUT2D eigenvalue weighted by Gasteiger charge is 2.50. The van der Waals surface area contributed by atoms with Gasteiger partial charge in [-0.2, -0.15) is 49.6 Å². The summed E-state index contributed by atoms with van der Waals surface area (Å²) in [5.74, 6) is -2.42. The zero-order valence-corrected chi connectivity index (χ0v) is 44.6. The van der Waals surface area contributed by atoms with Crippen LogP contribution in [0.5, 0.6) is 0 Å². The number of rotatable bonds is 14. The predicted octanol–water partition coefficient (Wildman–Crippen LogP) is 9.24. The van der Waals surface area contributed by atoms with Crippen molar-refractivity contribution in [2.45, 2.75) is 115 Å². The summed E-state index contributed by atoms with van der Waals surface area (Å²) < 4.78 is 175. The molecule has 0 saturated carbocycles. The largest absolute Gasteiger partial charge is 0.462 e. The van der Waals surface area contributed by atoms with Crippen LogP contribution < -0.4 is 14.9 Å². The van der Waals surface area contributed by atoms with Crippen molar-refractivity contribution in [1.82, 2.24) is 35.2 Å². The van der Waals surface area contributed by atoms with Gasteiger partial charge in [0.1, 0.15) is 57.4 Å². The van der Waals surface area contributed by atoms with Crippen LogP contribution in [0.25, 0.3) is 22.0 Å². The number of nitrogens with one attached hydrogen (secondary N) is 2. The van der Waals surface area contributed by atoms with Crippen molar-refractivity contribution in [3.8, 4) is 23.0 Å². The van der Waals surface area contributed by atoms with Crippen LogP contribution in [0.1, 0.15) is 94.8 Å². The number of benzene rings is 2. The van der Waals surface area contributed by atoms with Gasteiger partial charge in [0, 0.05) is 59.0 Å². The Labute approximate surface area is 440 Å².